The van der Waals surface area contributed by atoms with Crippen LogP contribution in [0.2, 0.25) is 0 Å². The van der Waals surface area contributed by atoms with Gasteiger partial charge in [0.1, 0.15) is 11.9 Å². The van der Waals surface area contributed by atoms with Gasteiger partial charge in [-0.15, -0.1) is 0 Å². The minimum absolute atomic E-state index is 0.0387. The first kappa shape index (κ1) is 15.0. The molecule has 1 aromatic carbocycles. The van der Waals surface area contributed by atoms with Gasteiger partial charge in [0.2, 0.25) is 0 Å². The van der Waals surface area contributed by atoms with Gasteiger partial charge in [0.15, 0.2) is 0 Å². The van der Waals surface area contributed by atoms with Crippen molar-refractivity contribution >= 4 is 0 Å². The van der Waals surface area contributed by atoms with Crippen molar-refractivity contribution in [1.29, 1.82) is 0 Å². The number of nitrogens with two attached hydrogens (primary N) is 1. The van der Waals surface area contributed by atoms with Crippen LogP contribution in [0, 0.1) is 12.3 Å². The smallest absolute Gasteiger partial charge is 0.123 e. The van der Waals surface area contributed by atoms with Crippen LogP contribution in [0.25, 0.3) is 0 Å². The third-order valence-electron chi connectivity index (χ3n) is 3.24. The number of benzene rings is 1. The van der Waals surface area contributed by atoms with Gasteiger partial charge in [-0.25, -0.2) is 0 Å². The SMILES string of the molecule is Cc1ccc(C(C)C)c(OC(CN)C(C)(C)C)c1. The van der Waals surface area contributed by atoms with E-state index in [9.17, 15) is 0 Å². The van der Waals surface area contributed by atoms with Crippen molar-refractivity contribution in [1.82, 2.24) is 0 Å². The van der Waals surface area contributed by atoms with Gasteiger partial charge >= 0.3 is 0 Å². The summed E-state index contributed by atoms with van der Waals surface area (Å²) < 4.78 is 6.18. The highest BCUT2D eigenvalue weighted by molar-refractivity contribution is 5.39. The predicted octanol–water partition coefficient (Wildman–Crippen LogP) is 3.87. The van der Waals surface area contributed by atoms with E-state index in [1.807, 2.05) is 0 Å². The van der Waals surface area contributed by atoms with Gasteiger partial charge in [-0.2, -0.15) is 0 Å². The molecule has 1 atom stereocenters. The third-order valence-corrected chi connectivity index (χ3v) is 3.24. The molecule has 102 valence electrons. The maximum absolute atomic E-state index is 6.18. The molecule has 0 radical (unpaired) electrons. The van der Waals surface area contributed by atoms with E-state index in [0.717, 1.165) is 5.75 Å². The summed E-state index contributed by atoms with van der Waals surface area (Å²) >= 11 is 0. The Morgan fingerprint density at radius 3 is 2.28 bits per heavy atom. The minimum Gasteiger partial charge on any atom is -0.488 e. The van der Waals surface area contributed by atoms with E-state index in [4.69, 9.17) is 10.5 Å². The molecule has 0 heterocycles. The Hall–Kier alpha value is -1.02. The van der Waals surface area contributed by atoms with E-state index >= 15 is 0 Å². The van der Waals surface area contributed by atoms with Crippen LogP contribution < -0.4 is 10.5 Å². The highest BCUT2D eigenvalue weighted by atomic mass is 16.5. The second-order valence-corrected chi connectivity index (χ2v) is 6.40. The van der Waals surface area contributed by atoms with Gasteiger partial charge in [-0.1, -0.05) is 46.8 Å². The van der Waals surface area contributed by atoms with Crippen LogP contribution in [0.4, 0.5) is 0 Å². The van der Waals surface area contributed by atoms with Crippen LogP contribution in [0.5, 0.6) is 5.75 Å². The maximum Gasteiger partial charge on any atom is 0.123 e. The molecule has 0 aliphatic carbocycles. The van der Waals surface area contributed by atoms with Crippen molar-refractivity contribution < 1.29 is 4.74 Å². The zero-order chi connectivity index (χ0) is 13.9. The second-order valence-electron chi connectivity index (χ2n) is 6.40. The molecule has 0 amide bonds. The molecule has 1 rings (SSSR count). The Labute approximate surface area is 112 Å². The molecule has 1 unspecified atom stereocenters. The Morgan fingerprint density at radius 2 is 1.83 bits per heavy atom. The molecule has 2 nitrogen and oxygen atoms in total. The largest absolute Gasteiger partial charge is 0.488 e. The van der Waals surface area contributed by atoms with Crippen LogP contribution in [0.3, 0.4) is 0 Å². The Balaban J connectivity index is 3.05. The van der Waals surface area contributed by atoms with Crippen molar-refractivity contribution in [3.63, 3.8) is 0 Å². The van der Waals surface area contributed by atoms with Crippen molar-refractivity contribution in [2.24, 2.45) is 11.1 Å². The summed E-state index contributed by atoms with van der Waals surface area (Å²) in [7, 11) is 0. The molecule has 0 saturated carbocycles. The van der Waals surface area contributed by atoms with Gasteiger partial charge in [0.05, 0.1) is 0 Å². The van der Waals surface area contributed by atoms with E-state index in [1.54, 1.807) is 0 Å². The summed E-state index contributed by atoms with van der Waals surface area (Å²) in [6, 6.07) is 6.41. The van der Waals surface area contributed by atoms with Crippen LogP contribution in [0.15, 0.2) is 18.2 Å². The van der Waals surface area contributed by atoms with Gasteiger partial charge in [-0.05, 0) is 30.0 Å². The summed E-state index contributed by atoms with van der Waals surface area (Å²) in [4.78, 5) is 0. The van der Waals surface area contributed by atoms with Crippen molar-refractivity contribution in [3.8, 4) is 5.75 Å². The quantitative estimate of drug-likeness (QED) is 0.879. The molecule has 0 aliphatic rings. The highest BCUT2D eigenvalue weighted by Crippen LogP contribution is 2.31. The summed E-state index contributed by atoms with van der Waals surface area (Å²) in [5.41, 5.74) is 8.37. The van der Waals surface area contributed by atoms with Gasteiger partial charge in [0.25, 0.3) is 0 Å². The molecule has 0 fully saturated rings. The van der Waals surface area contributed by atoms with E-state index in [0.29, 0.717) is 12.5 Å². The summed E-state index contributed by atoms with van der Waals surface area (Å²) in [6.45, 7) is 13.5. The normalized spacial score (nSPS) is 13.8. The number of rotatable bonds is 4. The lowest BCUT2D eigenvalue weighted by Gasteiger charge is -2.31. The van der Waals surface area contributed by atoms with Crippen LogP contribution in [-0.2, 0) is 0 Å². The zero-order valence-electron chi connectivity index (χ0n) is 12.6. The third kappa shape index (κ3) is 3.74. The molecule has 0 saturated heterocycles. The van der Waals surface area contributed by atoms with Gasteiger partial charge in [-0.3, -0.25) is 0 Å². The fourth-order valence-corrected chi connectivity index (χ4v) is 1.95. The lowest BCUT2D eigenvalue weighted by molar-refractivity contribution is 0.0928. The summed E-state index contributed by atoms with van der Waals surface area (Å²) in [5, 5.41) is 0. The maximum atomic E-state index is 6.18. The lowest BCUT2D eigenvalue weighted by Crippen LogP contribution is -2.39. The number of hydrogen-bond acceptors (Lipinski definition) is 2. The van der Waals surface area contributed by atoms with Crippen LogP contribution in [0.1, 0.15) is 51.7 Å². The summed E-state index contributed by atoms with van der Waals surface area (Å²) in [6.07, 6.45) is 0.0387. The second kappa shape index (κ2) is 5.75. The number of ether oxygens (including phenoxy) is 1. The molecular formula is C16H27NO. The fraction of sp³-hybridized carbons (Fsp3) is 0.625. The highest BCUT2D eigenvalue weighted by Gasteiger charge is 2.26. The fourth-order valence-electron chi connectivity index (χ4n) is 1.95. The first-order valence-electron chi connectivity index (χ1n) is 6.73. The lowest BCUT2D eigenvalue weighted by atomic mass is 9.89. The Kier molecular flexibility index (Phi) is 4.80. The molecule has 1 aromatic rings. The van der Waals surface area contributed by atoms with Crippen LogP contribution in [-0.4, -0.2) is 12.6 Å². The molecular weight excluding hydrogens is 222 g/mol. The first-order chi connectivity index (χ1) is 8.25. The number of aryl methyl sites for hydroxylation is 1. The average Bonchev–Trinajstić information content (AvgIpc) is 2.23. The zero-order valence-corrected chi connectivity index (χ0v) is 12.6. The molecule has 0 aliphatic heterocycles. The molecule has 0 aromatic heterocycles. The molecule has 2 N–H and O–H groups in total. The molecule has 18 heavy (non-hydrogen) atoms. The topological polar surface area (TPSA) is 35.2 Å². The minimum atomic E-state index is 0.0387. The van der Waals surface area contributed by atoms with Gasteiger partial charge < -0.3 is 10.5 Å². The van der Waals surface area contributed by atoms with Gasteiger partial charge in [0, 0.05) is 12.0 Å². The summed E-state index contributed by atoms with van der Waals surface area (Å²) in [5.74, 6) is 1.44. The van der Waals surface area contributed by atoms with Crippen molar-refractivity contribution in [2.75, 3.05) is 6.54 Å². The average molecular weight is 249 g/mol. The molecule has 0 bridgehead atoms. The van der Waals surface area contributed by atoms with Crippen molar-refractivity contribution in [2.45, 2.75) is 53.6 Å². The van der Waals surface area contributed by atoms with E-state index in [-0.39, 0.29) is 11.5 Å². The van der Waals surface area contributed by atoms with Crippen molar-refractivity contribution in [3.05, 3.63) is 29.3 Å². The van der Waals surface area contributed by atoms with E-state index in [1.165, 1.54) is 11.1 Å². The van der Waals surface area contributed by atoms with E-state index in [2.05, 4.69) is 59.7 Å². The standard InChI is InChI=1S/C16H27NO/c1-11(2)13-8-7-12(3)9-14(13)18-15(10-17)16(4,5)6/h7-9,11,15H,10,17H2,1-6H3. The first-order valence-corrected chi connectivity index (χ1v) is 6.73. The van der Waals surface area contributed by atoms with E-state index < -0.39 is 0 Å². The predicted molar refractivity (Wildman–Crippen MR) is 78.2 cm³/mol. The Bertz CT molecular complexity index is 391. The Morgan fingerprint density at radius 1 is 1.22 bits per heavy atom. The number of hydrogen-bond donors (Lipinski definition) is 1. The molecule has 0 spiro atoms. The van der Waals surface area contributed by atoms with Crippen LogP contribution >= 0.6 is 0 Å². The monoisotopic (exact) mass is 249 g/mol. The molecule has 2 heteroatoms.